The van der Waals surface area contributed by atoms with Gasteiger partial charge in [0.1, 0.15) is 11.5 Å². The SMILES string of the molecule is CCCc1nc(C)c(CNC(=O)c2cc(-c3ccccc3F)n[nH]2)s1. The van der Waals surface area contributed by atoms with Crippen LogP contribution in [0.5, 0.6) is 0 Å². The van der Waals surface area contributed by atoms with Gasteiger partial charge in [0.15, 0.2) is 0 Å². The van der Waals surface area contributed by atoms with Crippen LogP contribution >= 0.6 is 11.3 Å². The fraction of sp³-hybridized carbons (Fsp3) is 0.278. The van der Waals surface area contributed by atoms with E-state index in [2.05, 4.69) is 27.4 Å². The topological polar surface area (TPSA) is 70.7 Å². The smallest absolute Gasteiger partial charge is 0.269 e. The molecule has 5 nitrogen and oxygen atoms in total. The minimum Gasteiger partial charge on any atom is -0.346 e. The number of halogens is 1. The Kier molecular flexibility index (Phi) is 5.23. The molecule has 2 heterocycles. The summed E-state index contributed by atoms with van der Waals surface area (Å²) in [4.78, 5) is 17.9. The minimum atomic E-state index is -0.371. The van der Waals surface area contributed by atoms with Crippen molar-refractivity contribution in [2.75, 3.05) is 0 Å². The molecule has 25 heavy (non-hydrogen) atoms. The second-order valence-corrected chi connectivity index (χ2v) is 6.86. The van der Waals surface area contributed by atoms with E-state index in [0.717, 1.165) is 28.4 Å². The number of aromatic nitrogens is 3. The highest BCUT2D eigenvalue weighted by Gasteiger charge is 2.14. The summed E-state index contributed by atoms with van der Waals surface area (Å²) in [6, 6.07) is 7.89. The Balaban J connectivity index is 1.67. The van der Waals surface area contributed by atoms with E-state index >= 15 is 0 Å². The van der Waals surface area contributed by atoms with E-state index in [-0.39, 0.29) is 11.7 Å². The predicted octanol–water partition coefficient (Wildman–Crippen LogP) is 3.86. The number of carbonyl (C=O) groups is 1. The molecule has 1 aromatic carbocycles. The summed E-state index contributed by atoms with van der Waals surface area (Å²) in [6.45, 7) is 4.48. The van der Waals surface area contributed by atoms with Gasteiger partial charge < -0.3 is 5.32 Å². The van der Waals surface area contributed by atoms with Gasteiger partial charge in [-0.15, -0.1) is 11.3 Å². The largest absolute Gasteiger partial charge is 0.346 e. The number of aromatic amines is 1. The molecule has 1 amide bonds. The molecule has 0 aliphatic rings. The first-order valence-corrected chi connectivity index (χ1v) is 8.93. The first-order chi connectivity index (χ1) is 12.1. The van der Waals surface area contributed by atoms with Crippen molar-refractivity contribution in [1.29, 1.82) is 0 Å². The number of amides is 1. The summed E-state index contributed by atoms with van der Waals surface area (Å²) in [7, 11) is 0. The highest BCUT2D eigenvalue weighted by Crippen LogP contribution is 2.21. The number of rotatable bonds is 6. The van der Waals surface area contributed by atoms with E-state index in [1.165, 1.54) is 6.07 Å². The number of nitrogens with zero attached hydrogens (tertiary/aromatic N) is 2. The lowest BCUT2D eigenvalue weighted by Crippen LogP contribution is -2.23. The lowest BCUT2D eigenvalue weighted by molar-refractivity contribution is 0.0946. The molecule has 2 aromatic heterocycles. The summed E-state index contributed by atoms with van der Waals surface area (Å²) in [5, 5.41) is 10.6. The van der Waals surface area contributed by atoms with Crippen LogP contribution in [0.15, 0.2) is 30.3 Å². The maximum absolute atomic E-state index is 13.8. The summed E-state index contributed by atoms with van der Waals surface area (Å²) in [5.41, 5.74) is 2.02. The van der Waals surface area contributed by atoms with Gasteiger partial charge >= 0.3 is 0 Å². The minimum absolute atomic E-state index is 0.278. The number of H-pyrrole nitrogens is 1. The standard InChI is InChI=1S/C18H19FN4OS/c1-3-6-17-21-11(2)16(25-17)10-20-18(24)15-9-14(22-23-15)12-7-4-5-8-13(12)19/h4-5,7-9H,3,6,10H2,1-2H3,(H,20,24)(H,22,23). The van der Waals surface area contributed by atoms with Gasteiger partial charge in [-0.05, 0) is 38.0 Å². The highest BCUT2D eigenvalue weighted by atomic mass is 32.1. The fourth-order valence-corrected chi connectivity index (χ4v) is 3.58. The van der Waals surface area contributed by atoms with Crippen molar-refractivity contribution >= 4 is 17.2 Å². The van der Waals surface area contributed by atoms with Crippen LogP contribution < -0.4 is 5.32 Å². The van der Waals surface area contributed by atoms with Crippen molar-refractivity contribution in [2.45, 2.75) is 33.2 Å². The van der Waals surface area contributed by atoms with E-state index in [1.807, 2.05) is 6.92 Å². The number of nitrogens with one attached hydrogen (secondary N) is 2. The molecule has 3 aromatic rings. The number of carbonyl (C=O) groups excluding carboxylic acids is 1. The average molecular weight is 358 g/mol. The van der Waals surface area contributed by atoms with Gasteiger partial charge in [-0.2, -0.15) is 5.10 Å². The molecule has 0 aliphatic carbocycles. The van der Waals surface area contributed by atoms with Crippen molar-refractivity contribution in [3.8, 4) is 11.3 Å². The molecule has 0 atom stereocenters. The van der Waals surface area contributed by atoms with Gasteiger partial charge in [-0.1, -0.05) is 19.1 Å². The Hall–Kier alpha value is -2.54. The third-order valence-electron chi connectivity index (χ3n) is 3.78. The Labute approximate surface area is 149 Å². The van der Waals surface area contributed by atoms with Crippen LogP contribution in [0.4, 0.5) is 4.39 Å². The number of hydrogen-bond donors (Lipinski definition) is 2. The summed E-state index contributed by atoms with van der Waals surface area (Å²) < 4.78 is 13.8. The zero-order valence-corrected chi connectivity index (χ0v) is 14.9. The van der Waals surface area contributed by atoms with Crippen molar-refractivity contribution in [3.63, 3.8) is 0 Å². The Bertz CT molecular complexity index is 887. The van der Waals surface area contributed by atoms with E-state index < -0.39 is 0 Å². The Morgan fingerprint density at radius 1 is 1.36 bits per heavy atom. The van der Waals surface area contributed by atoms with E-state index in [4.69, 9.17) is 0 Å². The van der Waals surface area contributed by atoms with Gasteiger partial charge in [0.05, 0.1) is 22.9 Å². The molecule has 0 saturated carbocycles. The predicted molar refractivity (Wildman–Crippen MR) is 96.0 cm³/mol. The van der Waals surface area contributed by atoms with Crippen LogP contribution in [0.1, 0.15) is 39.4 Å². The molecule has 0 fully saturated rings. The molecule has 0 bridgehead atoms. The molecule has 0 saturated heterocycles. The van der Waals surface area contributed by atoms with Gasteiger partial charge in [0.2, 0.25) is 0 Å². The maximum atomic E-state index is 13.8. The first kappa shape index (κ1) is 17.3. The molecule has 0 unspecified atom stereocenters. The normalized spacial score (nSPS) is 10.8. The highest BCUT2D eigenvalue weighted by molar-refractivity contribution is 7.11. The second-order valence-electron chi connectivity index (χ2n) is 5.70. The van der Waals surface area contributed by atoms with Crippen LogP contribution in [-0.2, 0) is 13.0 Å². The monoisotopic (exact) mass is 358 g/mol. The van der Waals surface area contributed by atoms with Crippen LogP contribution in [0.2, 0.25) is 0 Å². The zero-order chi connectivity index (χ0) is 17.8. The Morgan fingerprint density at radius 3 is 2.92 bits per heavy atom. The second kappa shape index (κ2) is 7.57. The summed E-state index contributed by atoms with van der Waals surface area (Å²) in [5.74, 6) is -0.648. The third-order valence-corrected chi connectivity index (χ3v) is 5.00. The van der Waals surface area contributed by atoms with Gasteiger partial charge in [-0.3, -0.25) is 9.89 Å². The number of thiazole rings is 1. The number of benzene rings is 1. The van der Waals surface area contributed by atoms with Crippen molar-refractivity contribution in [1.82, 2.24) is 20.5 Å². The lowest BCUT2D eigenvalue weighted by Gasteiger charge is -2.01. The van der Waals surface area contributed by atoms with Crippen molar-refractivity contribution in [2.24, 2.45) is 0 Å². The molecule has 3 rings (SSSR count). The van der Waals surface area contributed by atoms with E-state index in [9.17, 15) is 9.18 Å². The number of hydrogen-bond acceptors (Lipinski definition) is 4. The van der Waals surface area contributed by atoms with Crippen LogP contribution in [-0.4, -0.2) is 21.1 Å². The van der Waals surface area contributed by atoms with Crippen LogP contribution in [0.3, 0.4) is 0 Å². The quantitative estimate of drug-likeness (QED) is 0.703. The average Bonchev–Trinajstić information content (AvgIpc) is 3.21. The zero-order valence-electron chi connectivity index (χ0n) is 14.1. The maximum Gasteiger partial charge on any atom is 0.269 e. The van der Waals surface area contributed by atoms with Crippen molar-refractivity contribution < 1.29 is 9.18 Å². The Morgan fingerprint density at radius 2 is 2.16 bits per heavy atom. The van der Waals surface area contributed by atoms with Crippen LogP contribution in [0, 0.1) is 12.7 Å². The molecule has 2 N–H and O–H groups in total. The molecule has 0 spiro atoms. The summed E-state index contributed by atoms with van der Waals surface area (Å²) in [6.07, 6.45) is 2.00. The molecular formula is C18H19FN4OS. The lowest BCUT2D eigenvalue weighted by atomic mass is 10.1. The van der Waals surface area contributed by atoms with E-state index in [1.54, 1.807) is 35.6 Å². The van der Waals surface area contributed by atoms with Crippen molar-refractivity contribution in [3.05, 3.63) is 57.4 Å². The van der Waals surface area contributed by atoms with Crippen LogP contribution in [0.25, 0.3) is 11.3 Å². The molecular weight excluding hydrogens is 339 g/mol. The first-order valence-electron chi connectivity index (χ1n) is 8.12. The molecule has 0 radical (unpaired) electrons. The third kappa shape index (κ3) is 3.93. The van der Waals surface area contributed by atoms with Gasteiger partial charge in [-0.25, -0.2) is 9.37 Å². The molecule has 130 valence electrons. The fourth-order valence-electron chi connectivity index (χ4n) is 2.47. The molecule has 7 heteroatoms. The van der Waals surface area contributed by atoms with Gasteiger partial charge in [0, 0.05) is 10.4 Å². The van der Waals surface area contributed by atoms with Gasteiger partial charge in [0.25, 0.3) is 5.91 Å². The molecule has 0 aliphatic heterocycles. The van der Waals surface area contributed by atoms with E-state index in [0.29, 0.717) is 23.5 Å². The number of aryl methyl sites for hydroxylation is 2. The summed E-state index contributed by atoms with van der Waals surface area (Å²) >= 11 is 1.62.